The summed E-state index contributed by atoms with van der Waals surface area (Å²) in [5.41, 5.74) is 4.62. The predicted molar refractivity (Wildman–Crippen MR) is 132 cm³/mol. The van der Waals surface area contributed by atoms with Crippen LogP contribution in [0.1, 0.15) is 46.8 Å². The van der Waals surface area contributed by atoms with Crippen LogP contribution in [0.25, 0.3) is 0 Å². The third-order valence-corrected chi connectivity index (χ3v) is 6.13. The lowest BCUT2D eigenvalue weighted by molar-refractivity contribution is -0.140. The van der Waals surface area contributed by atoms with E-state index in [2.05, 4.69) is 41.1 Å². The van der Waals surface area contributed by atoms with Gasteiger partial charge in [-0.15, -0.1) is 0 Å². The van der Waals surface area contributed by atoms with Gasteiger partial charge in [0.05, 0.1) is 0 Å². The van der Waals surface area contributed by atoms with Crippen LogP contribution in [0.2, 0.25) is 0 Å². The Morgan fingerprint density at radius 2 is 1.60 bits per heavy atom. The molecule has 2 aromatic carbocycles. The Hall–Kier alpha value is -3.67. The maximum atomic E-state index is 12.7. The summed E-state index contributed by atoms with van der Waals surface area (Å²) >= 11 is 0. The molecule has 0 saturated carbocycles. The first kappa shape index (κ1) is 25.9. The van der Waals surface area contributed by atoms with E-state index in [1.165, 1.54) is 51.1 Å². The number of nitrogens with zero attached hydrogens (tertiary/aromatic N) is 2. The minimum Gasteiger partial charge on any atom is -0.357 e. The number of likely N-dealkylation sites (N-methyl/N-ethyl adjacent to an activating group) is 2. The third kappa shape index (κ3) is 6.69. The number of nitrogens with one attached hydrogen (secondary N) is 2. The second-order valence-electron chi connectivity index (χ2n) is 8.78. The zero-order chi connectivity index (χ0) is 25.4. The SMILES string of the molecule is CCCC1CN(Cc2ccc(C#Cc3ccc(C(=O)N(C)C(C(=O)NC)C(=O)NO)cc3)cc2)C1. The Bertz CT molecular complexity index is 1080. The van der Waals surface area contributed by atoms with Crippen LogP contribution >= 0.6 is 0 Å². The fourth-order valence-corrected chi connectivity index (χ4v) is 4.18. The zero-order valence-corrected chi connectivity index (χ0v) is 20.4. The van der Waals surface area contributed by atoms with Crippen LogP contribution in [0.4, 0.5) is 0 Å². The van der Waals surface area contributed by atoms with E-state index >= 15 is 0 Å². The van der Waals surface area contributed by atoms with Gasteiger partial charge in [-0.3, -0.25) is 24.5 Å². The van der Waals surface area contributed by atoms with Gasteiger partial charge in [0.1, 0.15) is 0 Å². The van der Waals surface area contributed by atoms with E-state index in [1.807, 2.05) is 12.1 Å². The number of amides is 3. The maximum absolute atomic E-state index is 12.7. The molecule has 35 heavy (non-hydrogen) atoms. The first-order valence-corrected chi connectivity index (χ1v) is 11.7. The molecule has 3 amide bonds. The summed E-state index contributed by atoms with van der Waals surface area (Å²) < 4.78 is 0. The van der Waals surface area contributed by atoms with Gasteiger partial charge in [0.2, 0.25) is 0 Å². The average Bonchev–Trinajstić information content (AvgIpc) is 2.86. The molecule has 0 spiro atoms. The van der Waals surface area contributed by atoms with Crippen LogP contribution < -0.4 is 10.8 Å². The minimum absolute atomic E-state index is 0.286. The van der Waals surface area contributed by atoms with Gasteiger partial charge in [-0.2, -0.15) is 0 Å². The fourth-order valence-electron chi connectivity index (χ4n) is 4.18. The van der Waals surface area contributed by atoms with E-state index in [9.17, 15) is 14.4 Å². The molecule has 3 N–H and O–H groups in total. The first-order valence-electron chi connectivity index (χ1n) is 11.7. The standard InChI is InChI=1S/C27H32N4O4/c1-4-5-22-17-31(18-22)16-21-10-8-19(9-11-21)6-7-20-12-14-23(15-13-20)27(34)30(3)24(25(32)28-2)26(33)29-35/h8-15,22,24,35H,4-5,16-18H2,1-3H3,(H,28,32)(H,29,33). The van der Waals surface area contributed by atoms with Crippen molar-refractivity contribution in [2.45, 2.75) is 32.4 Å². The van der Waals surface area contributed by atoms with Crippen molar-refractivity contribution in [3.05, 3.63) is 70.8 Å². The van der Waals surface area contributed by atoms with Crippen LogP contribution in [0, 0.1) is 17.8 Å². The molecule has 1 fully saturated rings. The van der Waals surface area contributed by atoms with Crippen molar-refractivity contribution >= 4 is 17.7 Å². The lowest BCUT2D eigenvalue weighted by Gasteiger charge is -2.39. The number of likely N-dealkylation sites (tertiary alicyclic amines) is 1. The van der Waals surface area contributed by atoms with Crippen LogP contribution in [-0.4, -0.2) is 66.0 Å². The second-order valence-corrected chi connectivity index (χ2v) is 8.78. The molecule has 1 unspecified atom stereocenters. The van der Waals surface area contributed by atoms with Gasteiger partial charge in [0.15, 0.2) is 6.04 Å². The monoisotopic (exact) mass is 476 g/mol. The number of benzene rings is 2. The molecule has 2 aromatic rings. The zero-order valence-electron chi connectivity index (χ0n) is 20.4. The summed E-state index contributed by atoms with van der Waals surface area (Å²) in [6.45, 7) is 5.58. The van der Waals surface area contributed by atoms with Gasteiger partial charge in [-0.25, -0.2) is 5.48 Å². The normalized spacial score (nSPS) is 14.2. The largest absolute Gasteiger partial charge is 0.357 e. The van der Waals surface area contributed by atoms with Crippen molar-refractivity contribution < 1.29 is 19.6 Å². The molecular weight excluding hydrogens is 444 g/mol. The number of carbonyl (C=O) groups excluding carboxylic acids is 3. The van der Waals surface area contributed by atoms with Gasteiger partial charge in [-0.05, 0) is 54.3 Å². The highest BCUT2D eigenvalue weighted by Crippen LogP contribution is 2.22. The molecule has 0 bridgehead atoms. The average molecular weight is 477 g/mol. The molecule has 1 aliphatic rings. The molecule has 0 radical (unpaired) electrons. The molecule has 0 aliphatic carbocycles. The maximum Gasteiger partial charge on any atom is 0.275 e. The van der Waals surface area contributed by atoms with E-state index in [4.69, 9.17) is 5.21 Å². The van der Waals surface area contributed by atoms with Crippen molar-refractivity contribution in [3.8, 4) is 11.8 Å². The van der Waals surface area contributed by atoms with Crippen molar-refractivity contribution in [2.75, 3.05) is 27.2 Å². The van der Waals surface area contributed by atoms with Crippen molar-refractivity contribution in [1.82, 2.24) is 20.6 Å². The summed E-state index contributed by atoms with van der Waals surface area (Å²) in [6, 6.07) is 13.3. The van der Waals surface area contributed by atoms with Crippen LogP contribution in [0.5, 0.6) is 0 Å². The van der Waals surface area contributed by atoms with Crippen LogP contribution in [-0.2, 0) is 16.1 Å². The molecule has 1 atom stereocenters. The summed E-state index contributed by atoms with van der Waals surface area (Å²) in [4.78, 5) is 40.0. The van der Waals surface area contributed by atoms with Crippen molar-refractivity contribution in [1.29, 1.82) is 0 Å². The van der Waals surface area contributed by atoms with Gasteiger partial charge in [0.25, 0.3) is 17.7 Å². The Morgan fingerprint density at radius 1 is 1.03 bits per heavy atom. The van der Waals surface area contributed by atoms with Crippen LogP contribution in [0.3, 0.4) is 0 Å². The fraction of sp³-hybridized carbons (Fsp3) is 0.370. The Labute approximate surface area is 206 Å². The van der Waals surface area contributed by atoms with Crippen molar-refractivity contribution in [2.24, 2.45) is 5.92 Å². The van der Waals surface area contributed by atoms with Crippen molar-refractivity contribution in [3.63, 3.8) is 0 Å². The molecule has 184 valence electrons. The highest BCUT2D eigenvalue weighted by molar-refractivity contribution is 6.08. The smallest absolute Gasteiger partial charge is 0.275 e. The number of hydrogen-bond donors (Lipinski definition) is 3. The van der Waals surface area contributed by atoms with E-state index in [-0.39, 0.29) is 5.56 Å². The molecule has 8 heteroatoms. The number of hydroxylamine groups is 1. The predicted octanol–water partition coefficient (Wildman–Crippen LogP) is 2.01. The summed E-state index contributed by atoms with van der Waals surface area (Å²) in [7, 11) is 2.66. The molecule has 1 aliphatic heterocycles. The van der Waals surface area contributed by atoms with Gasteiger partial charge >= 0.3 is 0 Å². The molecular formula is C27H32N4O4. The van der Waals surface area contributed by atoms with Gasteiger partial charge < -0.3 is 10.2 Å². The molecule has 1 saturated heterocycles. The number of hydrogen-bond acceptors (Lipinski definition) is 5. The highest BCUT2D eigenvalue weighted by atomic mass is 16.5. The van der Waals surface area contributed by atoms with Gasteiger partial charge in [-0.1, -0.05) is 37.3 Å². The van der Waals surface area contributed by atoms with E-state index < -0.39 is 23.8 Å². The summed E-state index contributed by atoms with van der Waals surface area (Å²) in [5.74, 6) is 4.82. The highest BCUT2D eigenvalue weighted by Gasteiger charge is 2.33. The van der Waals surface area contributed by atoms with Crippen LogP contribution in [0.15, 0.2) is 48.5 Å². The first-order chi connectivity index (χ1) is 16.9. The summed E-state index contributed by atoms with van der Waals surface area (Å²) in [5, 5.41) is 11.2. The van der Waals surface area contributed by atoms with Gasteiger partial charge in [0, 0.05) is 50.4 Å². The molecule has 0 aromatic heterocycles. The lowest BCUT2D eigenvalue weighted by atomic mass is 9.94. The van der Waals surface area contributed by atoms with E-state index in [1.54, 1.807) is 24.3 Å². The Kier molecular flexibility index (Phi) is 9.01. The Balaban J connectivity index is 1.60. The number of rotatable bonds is 8. The molecule has 8 nitrogen and oxygen atoms in total. The second kappa shape index (κ2) is 12.2. The molecule has 3 rings (SSSR count). The molecule has 1 heterocycles. The van der Waals surface area contributed by atoms with E-state index in [0.717, 1.165) is 28.5 Å². The Morgan fingerprint density at radius 3 is 2.11 bits per heavy atom. The third-order valence-electron chi connectivity index (χ3n) is 6.13. The summed E-state index contributed by atoms with van der Waals surface area (Å²) in [6.07, 6.45) is 2.57. The topological polar surface area (TPSA) is 102 Å². The number of carbonyl (C=O) groups is 3. The quantitative estimate of drug-likeness (QED) is 0.234. The minimum atomic E-state index is -1.50. The van der Waals surface area contributed by atoms with E-state index in [0.29, 0.717) is 0 Å². The lowest BCUT2D eigenvalue weighted by Crippen LogP contribution is -2.54.